The molecule has 1 aromatic rings. The van der Waals surface area contributed by atoms with Gasteiger partial charge in [-0.1, -0.05) is 25.4 Å². The molecule has 1 fully saturated rings. The van der Waals surface area contributed by atoms with E-state index in [0.29, 0.717) is 30.8 Å². The molecule has 1 saturated carbocycles. The summed E-state index contributed by atoms with van der Waals surface area (Å²) in [6, 6.07) is 0.518. The molecule has 8 heteroatoms. The van der Waals surface area contributed by atoms with E-state index in [0.717, 1.165) is 23.6 Å². The lowest BCUT2D eigenvalue weighted by atomic mass is 9.95. The highest BCUT2D eigenvalue weighted by molar-refractivity contribution is 14.0. The Morgan fingerprint density at radius 2 is 2.20 bits per heavy atom. The summed E-state index contributed by atoms with van der Waals surface area (Å²) in [5.74, 6) is 2.62. The molecule has 0 aromatic carbocycles. The highest BCUT2D eigenvalue weighted by atomic mass is 127. The number of halogens is 1. The van der Waals surface area contributed by atoms with Crippen LogP contribution in [0, 0.1) is 0 Å². The van der Waals surface area contributed by atoms with Crippen molar-refractivity contribution in [2.24, 2.45) is 4.99 Å². The Hall–Kier alpha value is -0.510. The van der Waals surface area contributed by atoms with E-state index in [1.807, 2.05) is 11.8 Å². The van der Waals surface area contributed by atoms with Crippen molar-refractivity contribution in [1.29, 1.82) is 0 Å². The van der Waals surface area contributed by atoms with Crippen LogP contribution in [0.2, 0.25) is 0 Å². The van der Waals surface area contributed by atoms with E-state index in [1.165, 1.54) is 25.7 Å². The lowest BCUT2D eigenvalue weighted by Gasteiger charge is -2.29. The molecule has 1 aliphatic carbocycles. The minimum atomic E-state index is 0. The van der Waals surface area contributed by atoms with Gasteiger partial charge >= 0.3 is 0 Å². The molecule has 0 saturated heterocycles. The van der Waals surface area contributed by atoms with E-state index in [2.05, 4.69) is 52.8 Å². The van der Waals surface area contributed by atoms with Gasteiger partial charge in [-0.3, -0.25) is 4.99 Å². The quantitative estimate of drug-likeness (QED) is 0.352. The van der Waals surface area contributed by atoms with Crippen molar-refractivity contribution in [3.8, 4) is 0 Å². The predicted molar refractivity (Wildman–Crippen MR) is 116 cm³/mol. The number of guanidine groups is 1. The minimum Gasteiger partial charge on any atom is -0.357 e. The van der Waals surface area contributed by atoms with Gasteiger partial charge in [0, 0.05) is 30.2 Å². The van der Waals surface area contributed by atoms with Gasteiger partial charge in [-0.2, -0.15) is 16.7 Å². The van der Waals surface area contributed by atoms with E-state index in [1.54, 1.807) is 0 Å². The third kappa shape index (κ3) is 7.72. The third-order valence-corrected chi connectivity index (χ3v) is 5.34. The fraction of sp³-hybridized carbons (Fsp3) is 0.824. The van der Waals surface area contributed by atoms with Crippen LogP contribution in [0.4, 0.5) is 0 Å². The fourth-order valence-corrected chi connectivity index (χ4v) is 3.70. The zero-order valence-electron chi connectivity index (χ0n) is 15.7. The first-order valence-corrected chi connectivity index (χ1v) is 10.3. The highest BCUT2D eigenvalue weighted by Gasteiger charge is 2.21. The molecule has 1 aromatic heterocycles. The largest absolute Gasteiger partial charge is 0.357 e. The van der Waals surface area contributed by atoms with Gasteiger partial charge in [-0.15, -0.1) is 24.0 Å². The van der Waals surface area contributed by atoms with Crippen LogP contribution in [0.25, 0.3) is 0 Å². The molecule has 1 aliphatic rings. The Morgan fingerprint density at radius 3 is 2.84 bits per heavy atom. The zero-order chi connectivity index (χ0) is 17.4. The molecule has 2 unspecified atom stereocenters. The number of rotatable bonds is 7. The van der Waals surface area contributed by atoms with Crippen LogP contribution in [0.15, 0.2) is 9.52 Å². The summed E-state index contributed by atoms with van der Waals surface area (Å²) in [6.07, 6.45) is 7.96. The molecule has 6 nitrogen and oxygen atoms in total. The predicted octanol–water partition coefficient (Wildman–Crippen LogP) is 3.58. The molecular formula is C17H32IN5OS. The van der Waals surface area contributed by atoms with Crippen molar-refractivity contribution in [2.75, 3.05) is 19.3 Å². The van der Waals surface area contributed by atoms with Crippen LogP contribution >= 0.6 is 35.7 Å². The van der Waals surface area contributed by atoms with Crippen LogP contribution in [-0.4, -0.2) is 46.7 Å². The van der Waals surface area contributed by atoms with E-state index in [-0.39, 0.29) is 24.0 Å². The van der Waals surface area contributed by atoms with Crippen molar-refractivity contribution < 1.29 is 4.52 Å². The molecule has 0 radical (unpaired) electrons. The average Bonchev–Trinajstić information content (AvgIpc) is 3.04. The van der Waals surface area contributed by atoms with Crippen LogP contribution < -0.4 is 10.6 Å². The average molecular weight is 481 g/mol. The molecule has 0 aliphatic heterocycles. The monoisotopic (exact) mass is 481 g/mol. The Labute approximate surface area is 172 Å². The van der Waals surface area contributed by atoms with E-state index < -0.39 is 0 Å². The Kier molecular flexibility index (Phi) is 10.8. The van der Waals surface area contributed by atoms with Crippen LogP contribution in [0.1, 0.15) is 64.1 Å². The van der Waals surface area contributed by atoms with Gasteiger partial charge in [-0.05, 0) is 32.4 Å². The number of nitrogens with zero attached hydrogens (tertiary/aromatic N) is 3. The second kappa shape index (κ2) is 12.0. The molecule has 2 atom stereocenters. The molecule has 2 N–H and O–H groups in total. The molecule has 1 heterocycles. The maximum atomic E-state index is 5.27. The van der Waals surface area contributed by atoms with Gasteiger partial charge in [0.2, 0.25) is 5.89 Å². The SMILES string of the molecule is CCNC(=NCCc1nc(C(C)C)no1)NC1CCCC(SC)C1.I. The lowest BCUT2D eigenvalue weighted by molar-refractivity contribution is 0.372. The molecule has 25 heavy (non-hydrogen) atoms. The standard InChI is InChI=1S/C17H31N5OS.HI/c1-5-18-17(20-13-7-6-8-14(11-13)24-4)19-10-9-15-21-16(12(2)3)22-23-15;/h12-14H,5-11H2,1-4H3,(H2,18,19,20);1H. The zero-order valence-corrected chi connectivity index (χ0v) is 18.9. The maximum Gasteiger partial charge on any atom is 0.228 e. The van der Waals surface area contributed by atoms with E-state index in [9.17, 15) is 0 Å². The van der Waals surface area contributed by atoms with Gasteiger partial charge in [0.05, 0.1) is 6.54 Å². The van der Waals surface area contributed by atoms with Crippen LogP contribution in [0.5, 0.6) is 0 Å². The first-order chi connectivity index (χ1) is 11.6. The number of nitrogens with one attached hydrogen (secondary N) is 2. The first kappa shape index (κ1) is 22.5. The Bertz CT molecular complexity index is 523. The normalized spacial score (nSPS) is 21.1. The molecule has 2 rings (SSSR count). The summed E-state index contributed by atoms with van der Waals surface area (Å²) < 4.78 is 5.27. The van der Waals surface area contributed by atoms with Crippen molar-refractivity contribution in [3.05, 3.63) is 11.7 Å². The fourth-order valence-electron chi connectivity index (χ4n) is 2.87. The summed E-state index contributed by atoms with van der Waals surface area (Å²) in [4.78, 5) is 9.07. The number of thioether (sulfide) groups is 1. The van der Waals surface area contributed by atoms with Crippen molar-refractivity contribution in [2.45, 2.75) is 70.1 Å². The van der Waals surface area contributed by atoms with Gasteiger partial charge in [-0.25, -0.2) is 0 Å². The summed E-state index contributed by atoms with van der Waals surface area (Å²) in [5, 5.41) is 11.7. The lowest BCUT2D eigenvalue weighted by Crippen LogP contribution is -2.45. The van der Waals surface area contributed by atoms with Crippen LogP contribution in [0.3, 0.4) is 0 Å². The summed E-state index contributed by atoms with van der Waals surface area (Å²) in [7, 11) is 0. The maximum absolute atomic E-state index is 5.27. The Morgan fingerprint density at radius 1 is 1.40 bits per heavy atom. The van der Waals surface area contributed by atoms with Gasteiger partial charge in [0.15, 0.2) is 11.8 Å². The molecule has 144 valence electrons. The summed E-state index contributed by atoms with van der Waals surface area (Å²) >= 11 is 1.98. The number of hydrogen-bond donors (Lipinski definition) is 2. The second-order valence-corrected chi connectivity index (χ2v) is 7.72. The Balaban J connectivity index is 0.00000312. The second-order valence-electron chi connectivity index (χ2n) is 6.58. The van der Waals surface area contributed by atoms with Crippen molar-refractivity contribution in [3.63, 3.8) is 0 Å². The van der Waals surface area contributed by atoms with Crippen molar-refractivity contribution in [1.82, 2.24) is 20.8 Å². The summed E-state index contributed by atoms with van der Waals surface area (Å²) in [5.41, 5.74) is 0. The van der Waals surface area contributed by atoms with Gasteiger partial charge in [0.1, 0.15) is 0 Å². The third-order valence-electron chi connectivity index (χ3n) is 4.24. The van der Waals surface area contributed by atoms with E-state index >= 15 is 0 Å². The number of aromatic nitrogens is 2. The van der Waals surface area contributed by atoms with Gasteiger partial charge < -0.3 is 15.2 Å². The molecule has 0 amide bonds. The number of hydrogen-bond acceptors (Lipinski definition) is 5. The molecular weight excluding hydrogens is 449 g/mol. The minimum absolute atomic E-state index is 0. The molecule has 0 spiro atoms. The van der Waals surface area contributed by atoms with Crippen LogP contribution in [-0.2, 0) is 6.42 Å². The summed E-state index contributed by atoms with van der Waals surface area (Å²) in [6.45, 7) is 7.73. The number of aliphatic imine (C=N–C) groups is 1. The van der Waals surface area contributed by atoms with Gasteiger partial charge in [0.25, 0.3) is 0 Å². The molecule has 0 bridgehead atoms. The first-order valence-electron chi connectivity index (χ1n) is 9.02. The smallest absolute Gasteiger partial charge is 0.228 e. The topological polar surface area (TPSA) is 75.3 Å². The highest BCUT2D eigenvalue weighted by Crippen LogP contribution is 2.26. The van der Waals surface area contributed by atoms with E-state index in [4.69, 9.17) is 4.52 Å². The van der Waals surface area contributed by atoms with Crippen molar-refractivity contribution >= 4 is 41.7 Å².